The van der Waals surface area contributed by atoms with Crippen molar-refractivity contribution in [2.75, 3.05) is 41.3 Å². The zero-order chi connectivity index (χ0) is 18.5. The normalized spacial score (nSPS) is 14.3. The quantitative estimate of drug-likeness (QED) is 0.731. The number of nitrogens with zero attached hydrogens (tertiary/aromatic N) is 7. The monoisotopic (exact) mass is 366 g/mol. The Bertz CT molecular complexity index is 866. The lowest BCUT2D eigenvalue weighted by Gasteiger charge is -2.34. The van der Waals surface area contributed by atoms with Gasteiger partial charge in [0.05, 0.1) is 6.20 Å². The van der Waals surface area contributed by atoms with E-state index in [2.05, 4.69) is 40.3 Å². The van der Waals surface area contributed by atoms with E-state index in [-0.39, 0.29) is 5.82 Å². The Morgan fingerprint density at radius 1 is 0.926 bits per heavy atom. The van der Waals surface area contributed by atoms with Gasteiger partial charge in [0.1, 0.15) is 5.82 Å². The van der Waals surface area contributed by atoms with Gasteiger partial charge in [-0.1, -0.05) is 12.1 Å². The molecule has 3 aromatic rings. The van der Waals surface area contributed by atoms with E-state index in [1.165, 1.54) is 12.1 Å². The Labute approximate surface area is 156 Å². The number of nitrogens with one attached hydrogen (secondary N) is 1. The average molecular weight is 366 g/mol. The zero-order valence-electron chi connectivity index (χ0n) is 14.7. The van der Waals surface area contributed by atoms with E-state index in [4.69, 9.17) is 0 Å². The molecule has 0 aliphatic carbocycles. The number of piperazine rings is 1. The van der Waals surface area contributed by atoms with Crippen LogP contribution in [0.15, 0.2) is 48.9 Å². The molecule has 138 valence electrons. The molecule has 0 saturated carbocycles. The van der Waals surface area contributed by atoms with Gasteiger partial charge in [-0.15, -0.1) is 5.10 Å². The van der Waals surface area contributed by atoms with Crippen molar-refractivity contribution in [1.82, 2.24) is 25.1 Å². The van der Waals surface area contributed by atoms with Gasteiger partial charge in [0.25, 0.3) is 0 Å². The van der Waals surface area contributed by atoms with Gasteiger partial charge in [-0.05, 0) is 23.8 Å². The van der Waals surface area contributed by atoms with Crippen LogP contribution in [-0.4, -0.2) is 51.3 Å². The minimum Gasteiger partial charge on any atom is -0.365 e. The summed E-state index contributed by atoms with van der Waals surface area (Å²) in [5, 5.41) is 11.4. The smallest absolute Gasteiger partial charge is 0.247 e. The minimum absolute atomic E-state index is 0.246. The minimum atomic E-state index is -0.246. The standard InChI is InChI=1S/C18H19FN8/c19-15-4-2-14(3-5-15)12-22-16-13-23-25-18(24-16)27-10-8-26(9-11-27)17-20-6-1-7-21-17/h1-7,13H,8-12H2,(H,22,24,25). The first-order valence-corrected chi connectivity index (χ1v) is 8.73. The fourth-order valence-electron chi connectivity index (χ4n) is 2.87. The highest BCUT2D eigenvalue weighted by molar-refractivity contribution is 5.42. The molecule has 27 heavy (non-hydrogen) atoms. The second-order valence-electron chi connectivity index (χ2n) is 6.14. The first-order valence-electron chi connectivity index (χ1n) is 8.73. The maximum Gasteiger partial charge on any atom is 0.247 e. The van der Waals surface area contributed by atoms with Crippen molar-refractivity contribution >= 4 is 17.7 Å². The zero-order valence-corrected chi connectivity index (χ0v) is 14.7. The molecule has 2 aromatic heterocycles. The second kappa shape index (κ2) is 7.90. The van der Waals surface area contributed by atoms with Gasteiger partial charge in [0.15, 0.2) is 5.82 Å². The van der Waals surface area contributed by atoms with Crippen molar-refractivity contribution in [3.8, 4) is 0 Å². The van der Waals surface area contributed by atoms with Crippen molar-refractivity contribution in [2.45, 2.75) is 6.54 Å². The first kappa shape index (κ1) is 17.1. The fourth-order valence-corrected chi connectivity index (χ4v) is 2.87. The van der Waals surface area contributed by atoms with Gasteiger partial charge in [-0.25, -0.2) is 14.4 Å². The highest BCUT2D eigenvalue weighted by atomic mass is 19.1. The molecule has 0 unspecified atom stereocenters. The van der Waals surface area contributed by atoms with E-state index >= 15 is 0 Å². The SMILES string of the molecule is Fc1ccc(CNc2cnnc(N3CCN(c4ncccn4)CC3)n2)cc1. The molecular weight excluding hydrogens is 347 g/mol. The summed E-state index contributed by atoms with van der Waals surface area (Å²) in [6, 6.07) is 8.17. The Hall–Kier alpha value is -3.36. The molecule has 8 nitrogen and oxygen atoms in total. The van der Waals surface area contributed by atoms with E-state index in [0.717, 1.165) is 37.7 Å². The van der Waals surface area contributed by atoms with Crippen molar-refractivity contribution in [2.24, 2.45) is 0 Å². The van der Waals surface area contributed by atoms with Crippen LogP contribution in [0.2, 0.25) is 0 Å². The number of halogens is 1. The third-order valence-electron chi connectivity index (χ3n) is 4.33. The molecule has 0 atom stereocenters. The Balaban J connectivity index is 1.36. The summed E-state index contributed by atoms with van der Waals surface area (Å²) < 4.78 is 13.0. The van der Waals surface area contributed by atoms with E-state index in [1.54, 1.807) is 30.7 Å². The first-order chi connectivity index (χ1) is 13.3. The molecule has 1 aromatic carbocycles. The van der Waals surface area contributed by atoms with E-state index < -0.39 is 0 Å². The molecule has 1 aliphatic heterocycles. The lowest BCUT2D eigenvalue weighted by atomic mass is 10.2. The molecule has 1 saturated heterocycles. The molecule has 1 N–H and O–H groups in total. The molecular formula is C18H19FN8. The molecule has 9 heteroatoms. The summed E-state index contributed by atoms with van der Waals surface area (Å²) in [6.07, 6.45) is 5.08. The molecule has 1 aliphatic rings. The number of rotatable bonds is 5. The van der Waals surface area contributed by atoms with Gasteiger partial charge in [-0.3, -0.25) is 0 Å². The van der Waals surface area contributed by atoms with Crippen molar-refractivity contribution in [3.63, 3.8) is 0 Å². The number of hydrogen-bond acceptors (Lipinski definition) is 8. The summed E-state index contributed by atoms with van der Waals surface area (Å²) in [4.78, 5) is 17.4. The lowest BCUT2D eigenvalue weighted by molar-refractivity contribution is 0.623. The van der Waals surface area contributed by atoms with Gasteiger partial charge in [0, 0.05) is 45.1 Å². The Morgan fingerprint density at radius 2 is 1.59 bits per heavy atom. The Morgan fingerprint density at radius 3 is 2.30 bits per heavy atom. The van der Waals surface area contributed by atoms with Crippen LogP contribution < -0.4 is 15.1 Å². The van der Waals surface area contributed by atoms with Crippen molar-refractivity contribution in [3.05, 3.63) is 60.3 Å². The molecule has 0 amide bonds. The number of aromatic nitrogens is 5. The molecule has 4 rings (SSSR count). The van der Waals surface area contributed by atoms with Crippen LogP contribution in [0.1, 0.15) is 5.56 Å². The summed E-state index contributed by atoms with van der Waals surface area (Å²) in [6.45, 7) is 3.65. The summed E-state index contributed by atoms with van der Waals surface area (Å²) in [7, 11) is 0. The van der Waals surface area contributed by atoms with Crippen LogP contribution in [0, 0.1) is 5.82 Å². The topological polar surface area (TPSA) is 83.0 Å². The lowest BCUT2D eigenvalue weighted by Crippen LogP contribution is -2.47. The molecule has 3 heterocycles. The third kappa shape index (κ3) is 4.25. The highest BCUT2D eigenvalue weighted by Crippen LogP contribution is 2.15. The van der Waals surface area contributed by atoms with Gasteiger partial charge >= 0.3 is 0 Å². The summed E-state index contributed by atoms with van der Waals surface area (Å²) >= 11 is 0. The average Bonchev–Trinajstić information content (AvgIpc) is 2.74. The van der Waals surface area contributed by atoms with Crippen LogP contribution >= 0.6 is 0 Å². The van der Waals surface area contributed by atoms with Crippen molar-refractivity contribution < 1.29 is 4.39 Å². The maximum absolute atomic E-state index is 13.0. The van der Waals surface area contributed by atoms with Gasteiger partial charge in [0.2, 0.25) is 11.9 Å². The highest BCUT2D eigenvalue weighted by Gasteiger charge is 2.21. The second-order valence-corrected chi connectivity index (χ2v) is 6.14. The fraction of sp³-hybridized carbons (Fsp3) is 0.278. The largest absolute Gasteiger partial charge is 0.365 e. The van der Waals surface area contributed by atoms with Crippen LogP contribution in [-0.2, 0) is 6.54 Å². The van der Waals surface area contributed by atoms with E-state index in [1.807, 2.05) is 6.07 Å². The molecule has 1 fully saturated rings. The molecule has 0 radical (unpaired) electrons. The number of benzene rings is 1. The van der Waals surface area contributed by atoms with Crippen LogP contribution in [0.4, 0.5) is 22.1 Å². The van der Waals surface area contributed by atoms with E-state index in [9.17, 15) is 4.39 Å². The predicted molar refractivity (Wildman–Crippen MR) is 100 cm³/mol. The third-order valence-corrected chi connectivity index (χ3v) is 4.33. The number of anilines is 3. The summed E-state index contributed by atoms with van der Waals surface area (Å²) in [5.41, 5.74) is 0.966. The predicted octanol–water partition coefficient (Wildman–Crippen LogP) is 1.74. The van der Waals surface area contributed by atoms with Gasteiger partial charge in [-0.2, -0.15) is 10.1 Å². The van der Waals surface area contributed by atoms with Crippen LogP contribution in [0.5, 0.6) is 0 Å². The van der Waals surface area contributed by atoms with Crippen molar-refractivity contribution in [1.29, 1.82) is 0 Å². The molecule has 0 spiro atoms. The Kier molecular flexibility index (Phi) is 4.99. The van der Waals surface area contributed by atoms with Crippen LogP contribution in [0.25, 0.3) is 0 Å². The van der Waals surface area contributed by atoms with E-state index in [0.29, 0.717) is 18.3 Å². The summed E-state index contributed by atoms with van der Waals surface area (Å²) in [5.74, 6) is 1.72. The van der Waals surface area contributed by atoms with Gasteiger partial charge < -0.3 is 15.1 Å². The number of hydrogen-bond donors (Lipinski definition) is 1. The van der Waals surface area contributed by atoms with Crippen LogP contribution in [0.3, 0.4) is 0 Å². The molecule has 0 bridgehead atoms. The maximum atomic E-state index is 13.0.